The van der Waals surface area contributed by atoms with E-state index in [0.29, 0.717) is 12.8 Å². The summed E-state index contributed by atoms with van der Waals surface area (Å²) in [6, 6.07) is 0.101. The number of hydrogen-bond acceptors (Lipinski definition) is 8. The lowest BCUT2D eigenvalue weighted by atomic mass is 10.1. The molecule has 0 saturated heterocycles. The first kappa shape index (κ1) is 25.4. The number of carboxylic acid groups (broad SMARTS) is 1. The molecule has 2 N–H and O–H groups in total. The Kier molecular flexibility index (Phi) is 9.27. The van der Waals surface area contributed by atoms with Crippen molar-refractivity contribution in [3.05, 3.63) is 17.0 Å². The number of alkyl halides is 3. The lowest BCUT2D eigenvalue weighted by molar-refractivity contribution is -0.129. The van der Waals surface area contributed by atoms with Crippen LogP contribution in [0.3, 0.4) is 0 Å². The maximum absolute atomic E-state index is 13.7. The molecule has 168 valence electrons. The van der Waals surface area contributed by atoms with E-state index in [1.807, 2.05) is 0 Å². The summed E-state index contributed by atoms with van der Waals surface area (Å²) in [6.45, 7) is 7.68. The van der Waals surface area contributed by atoms with Gasteiger partial charge in [0.15, 0.2) is 17.9 Å². The summed E-state index contributed by atoms with van der Waals surface area (Å²) >= 11 is 0. The Balaban J connectivity index is 2.89. The number of aliphatic carboxylic acids is 1. The van der Waals surface area contributed by atoms with Crippen molar-refractivity contribution in [2.75, 3.05) is 19.9 Å². The van der Waals surface area contributed by atoms with Gasteiger partial charge in [-0.15, -0.1) is 0 Å². The first-order valence-electron chi connectivity index (χ1n) is 8.96. The maximum atomic E-state index is 13.7. The Morgan fingerprint density at radius 2 is 2.13 bits per heavy atom. The van der Waals surface area contributed by atoms with E-state index in [-0.39, 0.29) is 13.3 Å². The van der Waals surface area contributed by atoms with Gasteiger partial charge in [0.2, 0.25) is 0 Å². The highest BCUT2D eigenvalue weighted by Gasteiger charge is 2.43. The van der Waals surface area contributed by atoms with Crippen molar-refractivity contribution < 1.29 is 37.4 Å². The van der Waals surface area contributed by atoms with Crippen molar-refractivity contribution in [2.45, 2.75) is 44.8 Å². The van der Waals surface area contributed by atoms with E-state index in [2.05, 4.69) is 35.2 Å². The monoisotopic (exact) mass is 450 g/mol. The molecule has 0 aliphatic carbocycles. The highest BCUT2D eigenvalue weighted by atomic mass is 28.3. The van der Waals surface area contributed by atoms with Gasteiger partial charge in [-0.2, -0.15) is 18.3 Å². The van der Waals surface area contributed by atoms with Gasteiger partial charge in [-0.25, -0.2) is 14.6 Å². The quantitative estimate of drug-likeness (QED) is 0.163. The normalized spacial score (nSPS) is 16.1. The molecule has 1 heterocycles. The average molecular weight is 450 g/mol. The Morgan fingerprint density at radius 1 is 1.47 bits per heavy atom. The molecule has 1 aliphatic heterocycles. The fraction of sp³-hybridized carbons (Fsp3) is 0.588. The van der Waals surface area contributed by atoms with Crippen LogP contribution in [0.2, 0.25) is 25.7 Å². The van der Waals surface area contributed by atoms with Crippen LogP contribution >= 0.6 is 0 Å². The molecule has 1 aliphatic rings. The number of nitrogens with zero attached hydrogens (tertiary/aromatic N) is 3. The van der Waals surface area contributed by atoms with E-state index >= 15 is 0 Å². The molecule has 0 spiro atoms. The number of allylic oxidation sites excluding steroid dienone is 2. The van der Waals surface area contributed by atoms with Crippen LogP contribution in [0.5, 0.6) is 0 Å². The molecule has 1 rings (SSSR count). The van der Waals surface area contributed by atoms with Crippen LogP contribution in [0, 0.1) is 0 Å². The largest absolute Gasteiger partial charge is 0.477 e. The Labute approximate surface area is 172 Å². The van der Waals surface area contributed by atoms with E-state index in [0.717, 1.165) is 17.3 Å². The van der Waals surface area contributed by atoms with Gasteiger partial charge in [0.25, 0.3) is 0 Å². The zero-order valence-corrected chi connectivity index (χ0v) is 18.1. The van der Waals surface area contributed by atoms with E-state index in [1.54, 1.807) is 0 Å². The summed E-state index contributed by atoms with van der Waals surface area (Å²) in [7, 11) is -1.38. The molecule has 9 nitrogen and oxygen atoms in total. The van der Waals surface area contributed by atoms with E-state index < -0.39 is 43.2 Å². The van der Waals surface area contributed by atoms with Crippen LogP contribution in [-0.4, -0.2) is 74.7 Å². The zero-order valence-electron chi connectivity index (χ0n) is 17.1. The molecule has 30 heavy (non-hydrogen) atoms. The van der Waals surface area contributed by atoms with Gasteiger partial charge in [0, 0.05) is 14.7 Å². The van der Waals surface area contributed by atoms with Crippen LogP contribution in [-0.2, 0) is 19.2 Å². The minimum Gasteiger partial charge on any atom is -0.477 e. The number of hydrogen-bond donors (Lipinski definition) is 2. The summed E-state index contributed by atoms with van der Waals surface area (Å²) in [5, 5.41) is 18.8. The molecule has 0 bridgehead atoms. The second-order valence-corrected chi connectivity index (χ2v) is 13.3. The van der Waals surface area contributed by atoms with Crippen molar-refractivity contribution in [3.8, 4) is 0 Å². The fourth-order valence-corrected chi connectivity index (χ4v) is 2.93. The van der Waals surface area contributed by atoms with Crippen LogP contribution in [0.15, 0.2) is 27.2 Å². The Hall–Kier alpha value is -2.63. The van der Waals surface area contributed by atoms with Crippen LogP contribution < -0.4 is 5.32 Å². The third kappa shape index (κ3) is 8.80. The highest BCUT2D eigenvalue weighted by molar-refractivity contribution is 6.76. The molecular formula is C17H25F3N4O5Si. The minimum atomic E-state index is -4.86. The van der Waals surface area contributed by atoms with E-state index in [9.17, 15) is 22.8 Å². The smallest absolute Gasteiger partial charge is 0.421 e. The Morgan fingerprint density at radius 3 is 2.67 bits per heavy atom. The first-order chi connectivity index (χ1) is 13.8. The maximum Gasteiger partial charge on any atom is 0.421 e. The van der Waals surface area contributed by atoms with Gasteiger partial charge in [-0.3, -0.25) is 0 Å². The van der Waals surface area contributed by atoms with Crippen molar-refractivity contribution in [1.29, 1.82) is 0 Å². The second kappa shape index (κ2) is 10.9. The number of carboxylic acids is 1. The highest BCUT2D eigenvalue weighted by Crippen LogP contribution is 2.35. The van der Waals surface area contributed by atoms with Gasteiger partial charge in [-0.05, 0) is 13.0 Å². The summed E-state index contributed by atoms with van der Waals surface area (Å²) in [5.74, 6) is -0.0233. The molecule has 0 radical (unpaired) electrons. The van der Waals surface area contributed by atoms with Crippen molar-refractivity contribution >= 4 is 32.4 Å². The predicted molar refractivity (Wildman–Crippen MR) is 106 cm³/mol. The summed E-state index contributed by atoms with van der Waals surface area (Å²) < 4.78 is 46.3. The summed E-state index contributed by atoms with van der Waals surface area (Å²) in [4.78, 5) is 26.4. The van der Waals surface area contributed by atoms with Gasteiger partial charge in [0.1, 0.15) is 18.9 Å². The Bertz CT molecular complexity index is 755. The van der Waals surface area contributed by atoms with Crippen molar-refractivity contribution in [1.82, 2.24) is 10.3 Å². The number of halogens is 3. The number of rotatable bonds is 11. The number of ether oxygens (including phenoxy) is 1. The van der Waals surface area contributed by atoms with Gasteiger partial charge in [0.05, 0.1) is 18.0 Å². The third-order valence-corrected chi connectivity index (χ3v) is 5.35. The molecular weight excluding hydrogens is 425 g/mol. The van der Waals surface area contributed by atoms with Gasteiger partial charge >= 0.3 is 12.1 Å². The molecule has 0 aromatic heterocycles. The van der Waals surface area contributed by atoms with Crippen LogP contribution in [0.1, 0.15) is 6.92 Å². The molecule has 1 unspecified atom stereocenters. The standard InChI is InChI=1S/C17H25F3N4O5Si/c1-12(10-29-22-8-15(26)27)23-13-7-21-24(11-28-5-6-30(2,3)4)14(9-25)16(13)17(18,19)20/h7-8,12,23H,5-6,10-11H2,1-4H3,(H,26,27)/b22-8+. The number of carbonyl (C=O) groups excluding carboxylic acids is 1. The molecule has 0 aromatic carbocycles. The van der Waals surface area contributed by atoms with Crippen LogP contribution in [0.4, 0.5) is 13.2 Å². The number of carbonyl (C=O) groups is 1. The van der Waals surface area contributed by atoms with Crippen molar-refractivity contribution in [3.63, 3.8) is 0 Å². The SMILES string of the molecule is CC(CO/N=C/C(=O)O)NC1=C(C(F)(F)F)C(=C=O)N(COCC[Si](C)(C)C)N=C1. The second-order valence-electron chi connectivity index (χ2n) is 7.64. The number of hydrazone groups is 1. The molecule has 0 saturated carbocycles. The fourth-order valence-electron chi connectivity index (χ4n) is 2.18. The topological polar surface area (TPSA) is 113 Å². The first-order valence-corrected chi connectivity index (χ1v) is 12.7. The lowest BCUT2D eigenvalue weighted by Crippen LogP contribution is -2.39. The number of oxime groups is 1. The van der Waals surface area contributed by atoms with Gasteiger partial charge < -0.3 is 20.0 Å². The van der Waals surface area contributed by atoms with Gasteiger partial charge in [-0.1, -0.05) is 24.8 Å². The molecule has 13 heteroatoms. The third-order valence-electron chi connectivity index (χ3n) is 3.64. The van der Waals surface area contributed by atoms with Crippen LogP contribution in [0.25, 0.3) is 0 Å². The minimum absolute atomic E-state index is 0.226. The lowest BCUT2D eigenvalue weighted by Gasteiger charge is -2.29. The molecule has 0 amide bonds. The molecule has 0 aromatic rings. The molecule has 1 atom stereocenters. The predicted octanol–water partition coefficient (Wildman–Crippen LogP) is 2.20. The molecule has 0 fully saturated rings. The van der Waals surface area contributed by atoms with Crippen molar-refractivity contribution in [2.24, 2.45) is 10.3 Å². The summed E-state index contributed by atoms with van der Waals surface area (Å²) in [6.07, 6.45) is -3.43. The van der Waals surface area contributed by atoms with E-state index in [4.69, 9.17) is 14.7 Å². The average Bonchev–Trinajstić information content (AvgIpc) is 2.60. The van der Waals surface area contributed by atoms with E-state index in [1.165, 1.54) is 12.9 Å². The zero-order chi connectivity index (χ0) is 22.9. The number of nitrogens with one attached hydrogen (secondary N) is 1. The summed E-state index contributed by atoms with van der Waals surface area (Å²) in [5.41, 5.74) is -2.47.